The zero-order chi connectivity index (χ0) is 15.6. The largest absolute Gasteiger partial charge is 0.339 e. The van der Waals surface area contributed by atoms with Gasteiger partial charge in [0.15, 0.2) is 0 Å². The Bertz CT molecular complexity index is 757. The first-order valence-corrected chi connectivity index (χ1v) is 8.70. The van der Waals surface area contributed by atoms with Crippen molar-refractivity contribution in [2.45, 2.75) is 30.9 Å². The lowest BCUT2D eigenvalue weighted by Gasteiger charge is -2.18. The molecule has 2 rings (SSSR count). The van der Waals surface area contributed by atoms with Gasteiger partial charge in [0.2, 0.25) is 5.28 Å². The summed E-state index contributed by atoms with van der Waals surface area (Å²) < 4.78 is 12.8. The first kappa shape index (κ1) is 15.8. The normalized spacial score (nSPS) is 14.0. The van der Waals surface area contributed by atoms with Crippen LogP contribution in [-0.2, 0) is 9.52 Å². The monoisotopic (exact) mass is 323 g/mol. The number of aromatic nitrogens is 2. The van der Waals surface area contributed by atoms with Crippen molar-refractivity contribution in [1.29, 1.82) is 0 Å². The molecule has 6 heteroatoms. The smallest absolute Gasteiger partial charge is 0.224 e. The molecule has 1 aromatic heterocycles. The van der Waals surface area contributed by atoms with Crippen LogP contribution in [0.4, 0.5) is 11.5 Å². The molecule has 0 aliphatic rings. The molecule has 1 atom stereocenters. The third-order valence-electron chi connectivity index (χ3n) is 3.22. The molecule has 0 amide bonds. The van der Waals surface area contributed by atoms with E-state index in [9.17, 15) is 4.21 Å². The Morgan fingerprint density at radius 2 is 2.00 bits per heavy atom. The molecule has 1 aromatic carbocycles. The maximum atomic E-state index is 12.8. The Morgan fingerprint density at radius 1 is 1.33 bits per heavy atom. The SMILES string of the molecule is C=S(=O)(c1ccccc1Nc1nc(Cl)ncc1C)C(C)C. The van der Waals surface area contributed by atoms with E-state index in [0.717, 1.165) is 11.3 Å². The van der Waals surface area contributed by atoms with Crippen LogP contribution >= 0.6 is 11.6 Å². The van der Waals surface area contributed by atoms with Crippen molar-refractivity contribution >= 4 is 38.5 Å². The van der Waals surface area contributed by atoms with Gasteiger partial charge in [-0.15, -0.1) is 0 Å². The average molecular weight is 324 g/mol. The molecule has 2 aromatic rings. The molecule has 0 bridgehead atoms. The number of halogens is 1. The van der Waals surface area contributed by atoms with E-state index in [2.05, 4.69) is 21.2 Å². The van der Waals surface area contributed by atoms with Crippen LogP contribution < -0.4 is 5.32 Å². The van der Waals surface area contributed by atoms with Gasteiger partial charge in [-0.2, -0.15) is 0 Å². The Labute approximate surface area is 130 Å². The fraction of sp³-hybridized carbons (Fsp3) is 0.267. The summed E-state index contributed by atoms with van der Waals surface area (Å²) >= 11 is 5.83. The van der Waals surface area contributed by atoms with Crippen molar-refractivity contribution in [3.63, 3.8) is 0 Å². The molecule has 0 spiro atoms. The van der Waals surface area contributed by atoms with Crippen LogP contribution in [0.25, 0.3) is 0 Å². The van der Waals surface area contributed by atoms with Crippen molar-refractivity contribution in [2.24, 2.45) is 0 Å². The molecule has 0 aliphatic heterocycles. The number of rotatable bonds is 4. The summed E-state index contributed by atoms with van der Waals surface area (Å²) in [5.74, 6) is 4.51. The highest BCUT2D eigenvalue weighted by Gasteiger charge is 2.17. The lowest BCUT2D eigenvalue weighted by molar-refractivity contribution is 0.675. The fourth-order valence-corrected chi connectivity index (χ4v) is 3.24. The van der Waals surface area contributed by atoms with Crippen LogP contribution in [0.2, 0.25) is 5.28 Å². The van der Waals surface area contributed by atoms with E-state index in [0.29, 0.717) is 10.7 Å². The minimum atomic E-state index is -2.39. The number of hydrogen-bond acceptors (Lipinski definition) is 4. The second kappa shape index (κ2) is 6.03. The molecule has 1 unspecified atom stereocenters. The van der Waals surface area contributed by atoms with Crippen molar-refractivity contribution < 1.29 is 4.21 Å². The number of nitrogens with one attached hydrogen (secondary N) is 1. The number of aryl methyl sites for hydroxylation is 1. The van der Waals surface area contributed by atoms with Crippen LogP contribution in [-0.4, -0.2) is 25.3 Å². The van der Waals surface area contributed by atoms with Crippen molar-refractivity contribution in [3.8, 4) is 0 Å². The molecule has 0 saturated carbocycles. The molecular formula is C15H18ClN3OS. The van der Waals surface area contributed by atoms with E-state index in [1.54, 1.807) is 6.20 Å². The highest BCUT2D eigenvalue weighted by Crippen LogP contribution is 2.28. The summed E-state index contributed by atoms with van der Waals surface area (Å²) in [6.07, 6.45) is 1.64. The molecule has 0 saturated heterocycles. The number of para-hydroxylation sites is 1. The minimum Gasteiger partial charge on any atom is -0.339 e. The average Bonchev–Trinajstić information content (AvgIpc) is 2.43. The number of nitrogens with zero attached hydrogens (tertiary/aromatic N) is 2. The predicted octanol–water partition coefficient (Wildman–Crippen LogP) is 3.67. The molecule has 0 aliphatic carbocycles. The molecule has 112 valence electrons. The predicted molar refractivity (Wildman–Crippen MR) is 90.2 cm³/mol. The zero-order valence-corrected chi connectivity index (χ0v) is 13.8. The van der Waals surface area contributed by atoms with Crippen molar-refractivity contribution in [3.05, 3.63) is 41.3 Å². The van der Waals surface area contributed by atoms with Crippen LogP contribution in [0.15, 0.2) is 35.4 Å². The summed E-state index contributed by atoms with van der Waals surface area (Å²) in [5.41, 5.74) is 1.58. The van der Waals surface area contributed by atoms with Gasteiger partial charge in [-0.1, -0.05) is 26.0 Å². The summed E-state index contributed by atoms with van der Waals surface area (Å²) in [7, 11) is -2.39. The van der Waals surface area contributed by atoms with Gasteiger partial charge in [0.25, 0.3) is 0 Å². The molecule has 21 heavy (non-hydrogen) atoms. The third-order valence-corrected chi connectivity index (χ3v) is 6.02. The molecule has 4 nitrogen and oxygen atoms in total. The Hall–Kier alpha value is -1.59. The Balaban J connectivity index is 2.49. The second-order valence-electron chi connectivity index (χ2n) is 5.07. The standard InChI is InChI=1S/C15H18ClN3OS/c1-10(2)21(4,20)13-8-6-5-7-12(13)18-14-11(3)9-17-15(16)19-14/h5-10H,4H2,1-3H3,(H,17,18,19). The minimum absolute atomic E-state index is 0.0597. The van der Waals surface area contributed by atoms with Crippen LogP contribution in [0, 0.1) is 6.92 Å². The highest BCUT2D eigenvalue weighted by atomic mass is 35.5. The Kier molecular flexibility index (Phi) is 4.54. The van der Waals surface area contributed by atoms with Crippen LogP contribution in [0.5, 0.6) is 0 Å². The maximum Gasteiger partial charge on any atom is 0.224 e. The van der Waals surface area contributed by atoms with Gasteiger partial charge < -0.3 is 5.32 Å². The molecule has 1 heterocycles. The van der Waals surface area contributed by atoms with Crippen molar-refractivity contribution in [2.75, 3.05) is 5.32 Å². The van der Waals surface area contributed by atoms with Crippen molar-refractivity contribution in [1.82, 2.24) is 9.97 Å². The summed E-state index contributed by atoms with van der Waals surface area (Å²) in [4.78, 5) is 8.78. The van der Waals surface area contributed by atoms with Gasteiger partial charge in [-0.05, 0) is 36.5 Å². The fourth-order valence-electron chi connectivity index (χ4n) is 1.80. The van der Waals surface area contributed by atoms with Gasteiger partial charge in [0.1, 0.15) is 5.82 Å². The van der Waals surface area contributed by atoms with E-state index in [4.69, 9.17) is 11.6 Å². The Morgan fingerprint density at radius 3 is 2.67 bits per heavy atom. The van der Waals surface area contributed by atoms with Gasteiger partial charge in [-0.25, -0.2) is 9.97 Å². The quantitative estimate of drug-likeness (QED) is 0.689. The lowest BCUT2D eigenvalue weighted by atomic mass is 10.3. The molecule has 1 N–H and O–H groups in total. The first-order chi connectivity index (χ1) is 9.82. The second-order valence-corrected chi connectivity index (χ2v) is 8.24. The van der Waals surface area contributed by atoms with Crippen LogP contribution in [0.3, 0.4) is 0 Å². The number of hydrogen-bond donors (Lipinski definition) is 1. The van der Waals surface area contributed by atoms with Gasteiger partial charge in [-0.3, -0.25) is 4.21 Å². The van der Waals surface area contributed by atoms with Gasteiger partial charge in [0, 0.05) is 26.5 Å². The van der Waals surface area contributed by atoms with E-state index < -0.39 is 9.52 Å². The lowest BCUT2D eigenvalue weighted by Crippen LogP contribution is -2.15. The number of anilines is 2. The molecule has 0 radical (unpaired) electrons. The topological polar surface area (TPSA) is 54.9 Å². The summed E-state index contributed by atoms with van der Waals surface area (Å²) in [6.45, 7) is 5.68. The molecule has 0 fully saturated rings. The summed E-state index contributed by atoms with van der Waals surface area (Å²) in [5, 5.41) is 3.29. The van der Waals surface area contributed by atoms with Gasteiger partial charge in [0.05, 0.1) is 10.6 Å². The zero-order valence-electron chi connectivity index (χ0n) is 12.3. The summed E-state index contributed by atoms with van der Waals surface area (Å²) in [6, 6.07) is 7.42. The maximum absolute atomic E-state index is 12.8. The highest BCUT2D eigenvalue weighted by molar-refractivity contribution is 8.01. The van der Waals surface area contributed by atoms with Gasteiger partial charge >= 0.3 is 0 Å². The van der Waals surface area contributed by atoms with Crippen LogP contribution in [0.1, 0.15) is 19.4 Å². The number of benzene rings is 1. The van der Waals surface area contributed by atoms with E-state index in [1.807, 2.05) is 45.0 Å². The first-order valence-electron chi connectivity index (χ1n) is 6.53. The third kappa shape index (κ3) is 3.36. The molecular weight excluding hydrogens is 306 g/mol. The van der Waals surface area contributed by atoms with E-state index in [-0.39, 0.29) is 10.5 Å². The van der Waals surface area contributed by atoms with E-state index >= 15 is 0 Å². The van der Waals surface area contributed by atoms with E-state index in [1.165, 1.54) is 0 Å².